The highest BCUT2D eigenvalue weighted by atomic mass is 35.5. The molecule has 1 aromatic carbocycles. The van der Waals surface area contributed by atoms with Gasteiger partial charge in [0.05, 0.1) is 5.60 Å². The van der Waals surface area contributed by atoms with Crippen LogP contribution in [0.25, 0.3) is 0 Å². The highest BCUT2D eigenvalue weighted by Crippen LogP contribution is 2.30. The number of hydrogen-bond acceptors (Lipinski definition) is 2. The molecule has 1 aromatic rings. The van der Waals surface area contributed by atoms with Crippen LogP contribution in [0.2, 0.25) is 5.02 Å². The second kappa shape index (κ2) is 3.89. The van der Waals surface area contributed by atoms with Gasteiger partial charge in [0.15, 0.2) is 11.6 Å². The van der Waals surface area contributed by atoms with E-state index in [1.807, 2.05) is 24.3 Å². The van der Waals surface area contributed by atoms with E-state index in [-0.39, 0.29) is 0 Å². The van der Waals surface area contributed by atoms with E-state index in [0.29, 0.717) is 0 Å². The lowest BCUT2D eigenvalue weighted by molar-refractivity contribution is -0.288. The molecule has 3 heteroatoms. The third kappa shape index (κ3) is 1.92. The molecule has 1 aliphatic rings. The van der Waals surface area contributed by atoms with Crippen LogP contribution < -0.4 is 5.32 Å². The minimum atomic E-state index is -0.645. The van der Waals surface area contributed by atoms with Crippen LogP contribution in [0.3, 0.4) is 0 Å². The molecule has 0 bridgehead atoms. The summed E-state index contributed by atoms with van der Waals surface area (Å²) in [5.74, 6) is 0. The van der Waals surface area contributed by atoms with Crippen molar-refractivity contribution in [3.8, 4) is 0 Å². The molecule has 0 amide bonds. The lowest BCUT2D eigenvalue weighted by Crippen LogP contribution is -2.39. The lowest BCUT2D eigenvalue weighted by atomic mass is 9.85. The molecule has 0 saturated carbocycles. The molecule has 0 spiro atoms. The first-order chi connectivity index (χ1) is 6.71. The first kappa shape index (κ1) is 9.97. The van der Waals surface area contributed by atoms with Crippen molar-refractivity contribution in [3.05, 3.63) is 34.9 Å². The summed E-state index contributed by atoms with van der Waals surface area (Å²) in [7, 11) is 0. The van der Waals surface area contributed by atoms with Crippen molar-refractivity contribution in [3.63, 3.8) is 0 Å². The molecule has 2 nitrogen and oxygen atoms in total. The zero-order valence-corrected chi connectivity index (χ0v) is 8.81. The number of piperidine rings is 1. The van der Waals surface area contributed by atoms with Gasteiger partial charge in [0.1, 0.15) is 0 Å². The number of rotatable bonds is 1. The van der Waals surface area contributed by atoms with Crippen molar-refractivity contribution in [1.29, 1.82) is 0 Å². The Morgan fingerprint density at radius 2 is 1.71 bits per heavy atom. The molecule has 0 unspecified atom stereocenters. The molecule has 1 aliphatic heterocycles. The Labute approximate surface area is 88.9 Å². The molecule has 0 radical (unpaired) electrons. The van der Waals surface area contributed by atoms with Crippen LogP contribution in [0.15, 0.2) is 24.3 Å². The van der Waals surface area contributed by atoms with Gasteiger partial charge in [-0.05, 0) is 31.5 Å². The molecule has 14 heavy (non-hydrogen) atoms. The van der Waals surface area contributed by atoms with Crippen LogP contribution >= 0.6 is 0 Å². The fourth-order valence-corrected chi connectivity index (χ4v) is 2.03. The predicted molar refractivity (Wildman–Crippen MR) is 53.0 cm³/mol. The van der Waals surface area contributed by atoms with E-state index >= 15 is 0 Å². The van der Waals surface area contributed by atoms with Gasteiger partial charge in [-0.2, -0.15) is 0 Å². The summed E-state index contributed by atoms with van der Waals surface area (Å²) in [6.07, 6.45) is 1.56. The van der Waals surface area contributed by atoms with Gasteiger partial charge in [-0.1, -0.05) is 12.1 Å². The van der Waals surface area contributed by atoms with Crippen molar-refractivity contribution < 1.29 is 16.7 Å². The monoisotopic (exact) mass is 212 g/mol. The van der Waals surface area contributed by atoms with Crippen LogP contribution in [-0.4, -0.2) is 18.2 Å². The molecule has 0 aliphatic carbocycles. The Kier molecular flexibility index (Phi) is 2.77. The topological polar surface area (TPSA) is 32.3 Å². The third-order valence-electron chi connectivity index (χ3n) is 2.82. The van der Waals surface area contributed by atoms with Gasteiger partial charge in [0.2, 0.25) is 5.02 Å². The van der Waals surface area contributed by atoms with Crippen molar-refractivity contribution >= 4 is 0 Å². The van der Waals surface area contributed by atoms with E-state index in [9.17, 15) is 5.11 Å². The smallest absolute Gasteiger partial charge is 0.225 e. The molecule has 76 valence electrons. The Bertz CT molecular complexity index is 304. The highest BCUT2D eigenvalue weighted by Gasteiger charge is 2.30. The van der Waals surface area contributed by atoms with E-state index < -0.39 is 5.60 Å². The molecule has 0 atom stereocenters. The van der Waals surface area contributed by atoms with Gasteiger partial charge in [0.25, 0.3) is 0 Å². The fraction of sp³-hybridized carbons (Fsp3) is 0.455. The number of halogens is 1. The molecule has 1 fully saturated rings. The molecule has 1 heterocycles. The zero-order chi connectivity index (χ0) is 10.0. The number of benzene rings is 1. The molecule has 0 aromatic heterocycles. The normalized spacial score (nSPS) is 20.7. The van der Waals surface area contributed by atoms with E-state index in [2.05, 4.69) is 5.32 Å². The lowest BCUT2D eigenvalue weighted by Gasteiger charge is -2.32. The summed E-state index contributed by atoms with van der Waals surface area (Å²) in [6, 6.07) is 7.64. The van der Waals surface area contributed by atoms with Gasteiger partial charge >= 0.3 is 0 Å². The van der Waals surface area contributed by atoms with Crippen LogP contribution in [0.4, 0.5) is 0 Å². The second-order valence-corrected chi connectivity index (χ2v) is 4.28. The summed E-state index contributed by atoms with van der Waals surface area (Å²) in [4.78, 5) is 0. The number of nitrogens with one attached hydrogen (secondary N) is 1. The Morgan fingerprint density at radius 1 is 1.14 bits per heavy atom. The Hall–Kier alpha value is -0.570. The van der Waals surface area contributed by atoms with Crippen molar-refractivity contribution in [2.45, 2.75) is 18.4 Å². The van der Waals surface area contributed by atoms with Gasteiger partial charge in [-0.3, -0.25) is 0 Å². The maximum Gasteiger partial charge on any atom is 0.225 e. The predicted octanol–water partition coefficient (Wildman–Crippen LogP) is 0.954. The van der Waals surface area contributed by atoms with E-state index in [1.165, 1.54) is 0 Å². The maximum absolute atomic E-state index is 10.4. The molecule has 1 saturated heterocycles. The van der Waals surface area contributed by atoms with E-state index in [1.54, 1.807) is 0 Å². The molecular weight excluding hydrogens is 198 g/mol. The zero-order valence-electron chi connectivity index (χ0n) is 7.99. The summed E-state index contributed by atoms with van der Waals surface area (Å²) < 4.78 is 0. The van der Waals surface area contributed by atoms with Crippen LogP contribution in [-0.2, 0) is 5.60 Å². The first-order valence-electron chi connectivity index (χ1n) is 4.91. The van der Waals surface area contributed by atoms with E-state index in [4.69, 9.17) is 11.6 Å². The second-order valence-electron chi connectivity index (χ2n) is 3.81. The molecular formula is C11H15ClNO+. The average molecular weight is 213 g/mol. The Morgan fingerprint density at radius 3 is 2.29 bits per heavy atom. The van der Waals surface area contributed by atoms with Crippen molar-refractivity contribution in [2.75, 3.05) is 13.1 Å². The van der Waals surface area contributed by atoms with Gasteiger partial charge in [0, 0.05) is 12.1 Å². The highest BCUT2D eigenvalue weighted by molar-refractivity contribution is 5.25. The van der Waals surface area contributed by atoms with Crippen LogP contribution in [0.1, 0.15) is 18.4 Å². The summed E-state index contributed by atoms with van der Waals surface area (Å²) >= 11 is 5.02. The summed E-state index contributed by atoms with van der Waals surface area (Å²) in [6.45, 7) is 1.76. The van der Waals surface area contributed by atoms with Gasteiger partial charge in [-0.15, -0.1) is 0 Å². The number of hydrogen-bond donors (Lipinski definition) is 2. The minimum absolute atomic E-state index is 0.645. The fourth-order valence-electron chi connectivity index (χ4n) is 1.89. The van der Waals surface area contributed by atoms with Gasteiger partial charge in [-0.25, -0.2) is 0 Å². The van der Waals surface area contributed by atoms with E-state index in [0.717, 1.165) is 36.5 Å². The summed E-state index contributed by atoms with van der Waals surface area (Å²) in [5, 5.41) is 14.4. The maximum atomic E-state index is 10.4. The quantitative estimate of drug-likeness (QED) is 0.727. The number of aliphatic hydroxyl groups is 1. The molecule has 2 N–H and O–H groups in total. The average Bonchev–Trinajstić information content (AvgIpc) is 2.19. The minimum Gasteiger partial charge on any atom is -0.385 e. The SMILES string of the molecule is OC1(c2ccc([ClH+])cc2)CCNCC1. The third-order valence-corrected chi connectivity index (χ3v) is 3.09. The van der Waals surface area contributed by atoms with Gasteiger partial charge < -0.3 is 10.4 Å². The molecule has 2 rings (SSSR count). The van der Waals surface area contributed by atoms with Crippen LogP contribution in [0.5, 0.6) is 0 Å². The first-order valence-corrected chi connectivity index (χ1v) is 5.32. The van der Waals surface area contributed by atoms with Crippen molar-refractivity contribution in [2.24, 2.45) is 0 Å². The van der Waals surface area contributed by atoms with Crippen molar-refractivity contribution in [1.82, 2.24) is 5.32 Å². The standard InChI is InChI=1S/C11H15ClNO/c12-10-3-1-9(2-4-10)11(14)5-7-13-8-6-11/h1-4,12-14H,5-8H2/q+1. The summed E-state index contributed by atoms with van der Waals surface area (Å²) in [5.41, 5.74) is 0.349. The largest absolute Gasteiger partial charge is 0.385 e. The van der Waals surface area contributed by atoms with Crippen LogP contribution in [0, 0.1) is 11.6 Å². The Balaban J connectivity index is 2.23.